The SMILES string of the molecule is [CH2]CC(N)OC. The molecule has 2 nitrogen and oxygen atoms in total. The molecule has 0 heterocycles. The van der Waals surface area contributed by atoms with Gasteiger partial charge in [-0.2, -0.15) is 0 Å². The van der Waals surface area contributed by atoms with Gasteiger partial charge in [0.1, 0.15) is 6.23 Å². The minimum Gasteiger partial charge on any atom is -0.367 e. The fourth-order valence-corrected chi connectivity index (χ4v) is 0.118. The standard InChI is InChI=1S/C4H10NO/c1-3-4(5)6-2/h4H,1,3,5H2,2H3. The summed E-state index contributed by atoms with van der Waals surface area (Å²) in [4.78, 5) is 0. The monoisotopic (exact) mass is 88.1 g/mol. The second kappa shape index (κ2) is 3.12. The van der Waals surface area contributed by atoms with E-state index < -0.39 is 0 Å². The van der Waals surface area contributed by atoms with Crippen molar-refractivity contribution in [1.82, 2.24) is 0 Å². The van der Waals surface area contributed by atoms with Crippen LogP contribution in [0.15, 0.2) is 0 Å². The van der Waals surface area contributed by atoms with Crippen molar-refractivity contribution >= 4 is 0 Å². The van der Waals surface area contributed by atoms with Crippen LogP contribution in [0.25, 0.3) is 0 Å². The highest BCUT2D eigenvalue weighted by Crippen LogP contribution is 1.81. The molecular weight excluding hydrogens is 78.0 g/mol. The van der Waals surface area contributed by atoms with Gasteiger partial charge in [0.05, 0.1) is 0 Å². The summed E-state index contributed by atoms with van der Waals surface area (Å²) in [6.07, 6.45) is 0.459. The Balaban J connectivity index is 2.75. The molecule has 0 saturated heterocycles. The summed E-state index contributed by atoms with van der Waals surface area (Å²) in [5.41, 5.74) is 5.19. The average molecular weight is 88.1 g/mol. The van der Waals surface area contributed by atoms with E-state index >= 15 is 0 Å². The molecule has 0 amide bonds. The van der Waals surface area contributed by atoms with Crippen LogP contribution in [0.5, 0.6) is 0 Å². The van der Waals surface area contributed by atoms with E-state index in [4.69, 9.17) is 5.73 Å². The van der Waals surface area contributed by atoms with E-state index in [1.807, 2.05) is 0 Å². The topological polar surface area (TPSA) is 35.2 Å². The molecule has 1 radical (unpaired) electrons. The third kappa shape index (κ3) is 2.18. The first-order valence-corrected chi connectivity index (χ1v) is 1.89. The Morgan fingerprint density at radius 2 is 2.50 bits per heavy atom. The predicted molar refractivity (Wildman–Crippen MR) is 25.0 cm³/mol. The van der Waals surface area contributed by atoms with Gasteiger partial charge in [-0.05, 0) is 13.3 Å². The van der Waals surface area contributed by atoms with Crippen molar-refractivity contribution in [3.63, 3.8) is 0 Å². The van der Waals surface area contributed by atoms with E-state index in [-0.39, 0.29) is 6.23 Å². The second-order valence-electron chi connectivity index (χ2n) is 1.06. The largest absolute Gasteiger partial charge is 0.367 e. The van der Waals surface area contributed by atoms with Gasteiger partial charge in [-0.3, -0.25) is 0 Å². The molecule has 0 aromatic carbocycles. The van der Waals surface area contributed by atoms with Crippen LogP contribution >= 0.6 is 0 Å². The van der Waals surface area contributed by atoms with Crippen LogP contribution in [0.3, 0.4) is 0 Å². The number of rotatable bonds is 2. The Morgan fingerprint density at radius 3 is 2.50 bits per heavy atom. The lowest BCUT2D eigenvalue weighted by Gasteiger charge is -2.01. The first-order chi connectivity index (χ1) is 2.81. The van der Waals surface area contributed by atoms with E-state index in [9.17, 15) is 0 Å². The fraction of sp³-hybridized carbons (Fsp3) is 0.750. The number of hydrogen-bond acceptors (Lipinski definition) is 2. The van der Waals surface area contributed by atoms with E-state index in [0.29, 0.717) is 6.42 Å². The molecule has 1 unspecified atom stereocenters. The highest BCUT2D eigenvalue weighted by molar-refractivity contribution is 4.45. The molecule has 0 aromatic heterocycles. The first-order valence-electron chi connectivity index (χ1n) is 1.89. The van der Waals surface area contributed by atoms with Crippen LogP contribution in [0.2, 0.25) is 0 Å². The van der Waals surface area contributed by atoms with E-state index in [1.165, 1.54) is 0 Å². The minimum absolute atomic E-state index is 0.176. The van der Waals surface area contributed by atoms with Gasteiger partial charge in [-0.15, -0.1) is 0 Å². The van der Waals surface area contributed by atoms with E-state index in [1.54, 1.807) is 7.11 Å². The second-order valence-corrected chi connectivity index (χ2v) is 1.06. The van der Waals surface area contributed by atoms with Crippen molar-refractivity contribution in [2.75, 3.05) is 7.11 Å². The highest BCUT2D eigenvalue weighted by atomic mass is 16.5. The maximum Gasteiger partial charge on any atom is 0.105 e. The molecule has 2 N–H and O–H groups in total. The van der Waals surface area contributed by atoms with Gasteiger partial charge in [0.25, 0.3) is 0 Å². The molecular formula is C4H10NO. The molecule has 0 fully saturated rings. The zero-order valence-corrected chi connectivity index (χ0v) is 3.98. The number of hydrogen-bond donors (Lipinski definition) is 1. The first kappa shape index (κ1) is 5.92. The minimum atomic E-state index is -0.176. The molecule has 1 atom stereocenters. The normalized spacial score (nSPS) is 14.5. The number of methoxy groups -OCH3 is 1. The third-order valence-corrected chi connectivity index (χ3v) is 0.587. The Hall–Kier alpha value is -0.0800. The molecule has 2 heteroatoms. The number of nitrogens with two attached hydrogens (primary N) is 1. The van der Waals surface area contributed by atoms with Gasteiger partial charge < -0.3 is 10.5 Å². The van der Waals surface area contributed by atoms with Crippen molar-refractivity contribution < 1.29 is 4.74 Å². The van der Waals surface area contributed by atoms with Gasteiger partial charge in [0, 0.05) is 7.11 Å². The number of ether oxygens (including phenoxy) is 1. The molecule has 6 heavy (non-hydrogen) atoms. The van der Waals surface area contributed by atoms with Crippen LogP contribution in [-0.2, 0) is 4.74 Å². The van der Waals surface area contributed by atoms with E-state index in [0.717, 1.165) is 0 Å². The summed E-state index contributed by atoms with van der Waals surface area (Å²) >= 11 is 0. The van der Waals surface area contributed by atoms with Crippen LogP contribution in [0.1, 0.15) is 6.42 Å². The molecule has 0 rings (SSSR count). The van der Waals surface area contributed by atoms with Gasteiger partial charge >= 0.3 is 0 Å². The summed E-state index contributed by atoms with van der Waals surface area (Å²) in [6.45, 7) is 3.51. The lowest BCUT2D eigenvalue weighted by molar-refractivity contribution is 0.110. The molecule has 0 aliphatic carbocycles. The third-order valence-electron chi connectivity index (χ3n) is 0.587. The highest BCUT2D eigenvalue weighted by Gasteiger charge is 1.88. The molecule has 0 aliphatic rings. The summed E-state index contributed by atoms with van der Waals surface area (Å²) < 4.78 is 4.61. The van der Waals surface area contributed by atoms with Crippen LogP contribution < -0.4 is 5.73 Å². The molecule has 37 valence electrons. The summed E-state index contributed by atoms with van der Waals surface area (Å²) in [5.74, 6) is 0. The Bertz CT molecular complexity index is 26.7. The van der Waals surface area contributed by atoms with Crippen LogP contribution in [0, 0.1) is 6.92 Å². The van der Waals surface area contributed by atoms with Crippen molar-refractivity contribution in [2.24, 2.45) is 5.73 Å². The van der Waals surface area contributed by atoms with Crippen molar-refractivity contribution in [2.45, 2.75) is 12.6 Å². The molecule has 0 aliphatic heterocycles. The van der Waals surface area contributed by atoms with Crippen molar-refractivity contribution in [3.05, 3.63) is 6.92 Å². The smallest absolute Gasteiger partial charge is 0.105 e. The Labute approximate surface area is 38.3 Å². The Morgan fingerprint density at radius 1 is 2.00 bits per heavy atom. The van der Waals surface area contributed by atoms with Crippen LogP contribution in [0.4, 0.5) is 0 Å². The molecule has 0 spiro atoms. The van der Waals surface area contributed by atoms with Gasteiger partial charge in [0.2, 0.25) is 0 Å². The lowest BCUT2D eigenvalue weighted by atomic mass is 10.4. The molecule has 0 aromatic rings. The zero-order valence-electron chi connectivity index (χ0n) is 3.98. The van der Waals surface area contributed by atoms with Gasteiger partial charge in [0.15, 0.2) is 0 Å². The van der Waals surface area contributed by atoms with Gasteiger partial charge in [-0.25, -0.2) is 0 Å². The van der Waals surface area contributed by atoms with Crippen LogP contribution in [-0.4, -0.2) is 13.3 Å². The summed E-state index contributed by atoms with van der Waals surface area (Å²) in [6, 6.07) is 0. The van der Waals surface area contributed by atoms with E-state index in [2.05, 4.69) is 11.7 Å². The van der Waals surface area contributed by atoms with Gasteiger partial charge in [-0.1, -0.05) is 0 Å². The zero-order chi connectivity index (χ0) is 4.99. The predicted octanol–water partition coefficient (Wildman–Crippen LogP) is 0.142. The molecule has 0 saturated carbocycles. The van der Waals surface area contributed by atoms with Crippen molar-refractivity contribution in [1.29, 1.82) is 0 Å². The Kier molecular flexibility index (Phi) is 3.08. The fourth-order valence-electron chi connectivity index (χ4n) is 0.118. The quantitative estimate of drug-likeness (QED) is 0.487. The summed E-state index contributed by atoms with van der Waals surface area (Å²) in [7, 11) is 1.57. The maximum atomic E-state index is 5.19. The molecule has 0 bridgehead atoms. The lowest BCUT2D eigenvalue weighted by Crippen LogP contribution is -2.20. The summed E-state index contributed by atoms with van der Waals surface area (Å²) in [5, 5.41) is 0. The average Bonchev–Trinajstić information content (AvgIpc) is 1.65. The maximum absolute atomic E-state index is 5.19. The van der Waals surface area contributed by atoms with Crippen molar-refractivity contribution in [3.8, 4) is 0 Å².